The fourth-order valence-electron chi connectivity index (χ4n) is 2.30. The maximum Gasteiger partial charge on any atom is 0.335 e. The lowest BCUT2D eigenvalue weighted by Crippen LogP contribution is -2.00. The minimum atomic E-state index is -0.910. The number of aromatic carboxylic acids is 1. The molecule has 1 N–H and O–H groups in total. The Kier molecular flexibility index (Phi) is 3.79. The van der Waals surface area contributed by atoms with Crippen LogP contribution < -0.4 is 4.74 Å². The third-order valence-electron chi connectivity index (χ3n) is 3.66. The SMILES string of the molecule is COc1c(-c2ccc(C)c(C(=O)O)c2)ccc(C)c1C. The zero-order valence-corrected chi connectivity index (χ0v) is 12.2. The van der Waals surface area contributed by atoms with Crippen LogP contribution in [0.4, 0.5) is 0 Å². The number of hydrogen-bond acceptors (Lipinski definition) is 2. The van der Waals surface area contributed by atoms with Crippen LogP contribution in [0.3, 0.4) is 0 Å². The van der Waals surface area contributed by atoms with Crippen LogP contribution in [0.15, 0.2) is 30.3 Å². The second kappa shape index (κ2) is 5.37. The first kappa shape index (κ1) is 14.1. The average molecular weight is 270 g/mol. The molecule has 3 nitrogen and oxygen atoms in total. The molecule has 0 aliphatic rings. The Hall–Kier alpha value is -2.29. The van der Waals surface area contributed by atoms with Gasteiger partial charge in [0.15, 0.2) is 0 Å². The molecule has 2 aromatic carbocycles. The van der Waals surface area contributed by atoms with E-state index in [4.69, 9.17) is 4.74 Å². The predicted octanol–water partition coefficient (Wildman–Crippen LogP) is 3.99. The number of aryl methyl sites for hydroxylation is 2. The van der Waals surface area contributed by atoms with Gasteiger partial charge < -0.3 is 9.84 Å². The fraction of sp³-hybridized carbons (Fsp3) is 0.235. The Morgan fingerprint density at radius 2 is 1.70 bits per heavy atom. The van der Waals surface area contributed by atoms with Crippen molar-refractivity contribution in [1.29, 1.82) is 0 Å². The molecule has 0 aromatic heterocycles. The Balaban J connectivity index is 2.66. The Morgan fingerprint density at radius 3 is 2.30 bits per heavy atom. The van der Waals surface area contributed by atoms with Crippen molar-refractivity contribution in [2.45, 2.75) is 20.8 Å². The first-order valence-electron chi connectivity index (χ1n) is 6.44. The summed E-state index contributed by atoms with van der Waals surface area (Å²) in [6.45, 7) is 5.83. The number of carbonyl (C=O) groups is 1. The van der Waals surface area contributed by atoms with Crippen molar-refractivity contribution < 1.29 is 14.6 Å². The Morgan fingerprint density at radius 1 is 1.05 bits per heavy atom. The van der Waals surface area contributed by atoms with E-state index in [1.54, 1.807) is 20.1 Å². The van der Waals surface area contributed by atoms with Crippen molar-refractivity contribution in [2.24, 2.45) is 0 Å². The van der Waals surface area contributed by atoms with Gasteiger partial charge in [0.1, 0.15) is 5.75 Å². The molecule has 0 amide bonds. The molecule has 20 heavy (non-hydrogen) atoms. The molecule has 2 rings (SSSR count). The molecule has 0 heterocycles. The topological polar surface area (TPSA) is 46.5 Å². The highest BCUT2D eigenvalue weighted by Crippen LogP contribution is 2.35. The van der Waals surface area contributed by atoms with Crippen molar-refractivity contribution in [1.82, 2.24) is 0 Å². The molecule has 0 spiro atoms. The molecule has 0 unspecified atom stereocenters. The largest absolute Gasteiger partial charge is 0.496 e. The minimum absolute atomic E-state index is 0.322. The van der Waals surface area contributed by atoms with Crippen LogP contribution in [0.2, 0.25) is 0 Å². The van der Waals surface area contributed by atoms with Crippen LogP contribution in [-0.4, -0.2) is 18.2 Å². The summed E-state index contributed by atoms with van der Waals surface area (Å²) < 4.78 is 5.49. The standard InChI is InChI=1S/C17H18O3/c1-10-6-8-14(16(20-4)12(10)3)13-7-5-11(2)15(9-13)17(18)19/h5-9H,1-4H3,(H,18,19). The summed E-state index contributed by atoms with van der Waals surface area (Å²) in [5.74, 6) is -0.114. The van der Waals surface area contributed by atoms with Crippen LogP contribution in [0, 0.1) is 20.8 Å². The van der Waals surface area contributed by atoms with Gasteiger partial charge in [0.05, 0.1) is 12.7 Å². The van der Waals surface area contributed by atoms with Gasteiger partial charge in [-0.05, 0) is 49.1 Å². The van der Waals surface area contributed by atoms with E-state index >= 15 is 0 Å². The lowest BCUT2D eigenvalue weighted by atomic mass is 9.96. The number of benzene rings is 2. The summed E-state index contributed by atoms with van der Waals surface area (Å²) in [4.78, 5) is 11.2. The molecule has 0 saturated carbocycles. The van der Waals surface area contributed by atoms with Crippen molar-refractivity contribution in [3.63, 3.8) is 0 Å². The maximum atomic E-state index is 11.2. The molecule has 0 saturated heterocycles. The highest BCUT2D eigenvalue weighted by Gasteiger charge is 2.13. The summed E-state index contributed by atoms with van der Waals surface area (Å²) in [6.07, 6.45) is 0. The summed E-state index contributed by atoms with van der Waals surface area (Å²) in [5.41, 5.74) is 5.07. The molecule has 0 bridgehead atoms. The van der Waals surface area contributed by atoms with Crippen LogP contribution in [-0.2, 0) is 0 Å². The van der Waals surface area contributed by atoms with E-state index in [0.717, 1.165) is 33.6 Å². The van der Waals surface area contributed by atoms with E-state index in [2.05, 4.69) is 0 Å². The smallest absolute Gasteiger partial charge is 0.335 e. The number of hydrogen-bond donors (Lipinski definition) is 1. The predicted molar refractivity (Wildman–Crippen MR) is 79.6 cm³/mol. The van der Waals surface area contributed by atoms with Gasteiger partial charge in [0, 0.05) is 5.56 Å². The van der Waals surface area contributed by atoms with Crippen LogP contribution >= 0.6 is 0 Å². The lowest BCUT2D eigenvalue weighted by molar-refractivity contribution is 0.0696. The first-order valence-corrected chi connectivity index (χ1v) is 6.44. The number of carboxylic acids is 1. The van der Waals surface area contributed by atoms with Crippen molar-refractivity contribution >= 4 is 5.97 Å². The molecular formula is C17H18O3. The summed E-state index contributed by atoms with van der Waals surface area (Å²) in [6, 6.07) is 9.44. The second-order valence-corrected chi connectivity index (χ2v) is 4.92. The van der Waals surface area contributed by atoms with Crippen LogP contribution in [0.1, 0.15) is 27.0 Å². The molecule has 104 valence electrons. The van der Waals surface area contributed by atoms with Crippen molar-refractivity contribution in [3.05, 3.63) is 52.6 Å². The van der Waals surface area contributed by atoms with Gasteiger partial charge in [0.2, 0.25) is 0 Å². The minimum Gasteiger partial charge on any atom is -0.496 e. The van der Waals surface area contributed by atoms with Crippen LogP contribution in [0.5, 0.6) is 5.75 Å². The Bertz CT molecular complexity index is 672. The molecule has 2 aromatic rings. The number of carboxylic acid groups (broad SMARTS) is 1. The molecule has 0 radical (unpaired) electrons. The van der Waals surface area contributed by atoms with Gasteiger partial charge in [-0.25, -0.2) is 4.79 Å². The average Bonchev–Trinajstić information content (AvgIpc) is 2.42. The first-order chi connectivity index (χ1) is 9.45. The van der Waals surface area contributed by atoms with Crippen molar-refractivity contribution in [3.8, 4) is 16.9 Å². The summed E-state index contributed by atoms with van der Waals surface area (Å²) in [5, 5.41) is 9.23. The fourth-order valence-corrected chi connectivity index (χ4v) is 2.30. The van der Waals surface area contributed by atoms with Gasteiger partial charge in [-0.15, -0.1) is 0 Å². The van der Waals surface area contributed by atoms with E-state index in [9.17, 15) is 9.90 Å². The monoisotopic (exact) mass is 270 g/mol. The molecular weight excluding hydrogens is 252 g/mol. The molecule has 3 heteroatoms. The zero-order valence-electron chi connectivity index (χ0n) is 12.2. The van der Waals surface area contributed by atoms with E-state index in [1.165, 1.54) is 0 Å². The number of rotatable bonds is 3. The van der Waals surface area contributed by atoms with Gasteiger partial charge >= 0.3 is 5.97 Å². The van der Waals surface area contributed by atoms with Crippen LogP contribution in [0.25, 0.3) is 11.1 Å². The summed E-state index contributed by atoms with van der Waals surface area (Å²) >= 11 is 0. The normalized spacial score (nSPS) is 10.4. The zero-order chi connectivity index (χ0) is 14.9. The number of methoxy groups -OCH3 is 1. The van der Waals surface area contributed by atoms with Gasteiger partial charge in [0.25, 0.3) is 0 Å². The molecule has 0 fully saturated rings. The Labute approximate surface area is 118 Å². The van der Waals surface area contributed by atoms with Gasteiger partial charge in [-0.2, -0.15) is 0 Å². The third kappa shape index (κ3) is 2.39. The van der Waals surface area contributed by atoms with E-state index in [0.29, 0.717) is 5.56 Å². The van der Waals surface area contributed by atoms with E-state index in [1.807, 2.05) is 38.1 Å². The van der Waals surface area contributed by atoms with E-state index < -0.39 is 5.97 Å². The molecule has 0 aliphatic carbocycles. The quantitative estimate of drug-likeness (QED) is 0.917. The third-order valence-corrected chi connectivity index (χ3v) is 3.66. The molecule has 0 atom stereocenters. The number of ether oxygens (including phenoxy) is 1. The van der Waals surface area contributed by atoms with E-state index in [-0.39, 0.29) is 0 Å². The summed E-state index contributed by atoms with van der Waals surface area (Å²) in [7, 11) is 1.64. The highest BCUT2D eigenvalue weighted by atomic mass is 16.5. The maximum absolute atomic E-state index is 11.2. The second-order valence-electron chi connectivity index (χ2n) is 4.92. The van der Waals surface area contributed by atoms with Crippen molar-refractivity contribution in [2.75, 3.05) is 7.11 Å². The van der Waals surface area contributed by atoms with Gasteiger partial charge in [-0.1, -0.05) is 24.3 Å². The highest BCUT2D eigenvalue weighted by molar-refractivity contribution is 5.91. The lowest BCUT2D eigenvalue weighted by Gasteiger charge is -2.14. The van der Waals surface area contributed by atoms with Gasteiger partial charge in [-0.3, -0.25) is 0 Å². The molecule has 0 aliphatic heterocycles.